The Hall–Kier alpha value is -2.10. The highest BCUT2D eigenvalue weighted by molar-refractivity contribution is 7.13. The molecule has 1 aromatic heterocycles. The van der Waals surface area contributed by atoms with Crippen LogP contribution in [0.3, 0.4) is 0 Å². The second-order valence-corrected chi connectivity index (χ2v) is 5.23. The molecule has 0 aliphatic rings. The van der Waals surface area contributed by atoms with Gasteiger partial charge in [-0.3, -0.25) is 0 Å². The quantitative estimate of drug-likeness (QED) is 0.843. The molecule has 2 rings (SSSR count). The fraction of sp³-hybridized carbons (Fsp3) is 0.0769. The third-order valence-corrected chi connectivity index (χ3v) is 3.48. The SMILES string of the molecule is C/C(N)=C(\C#N)c1csc(Nc2ccc(F)c(Cl)c2)n1. The summed E-state index contributed by atoms with van der Waals surface area (Å²) in [5.74, 6) is -0.481. The molecule has 0 aliphatic heterocycles. The Morgan fingerprint density at radius 1 is 1.55 bits per heavy atom. The molecule has 0 saturated heterocycles. The maximum atomic E-state index is 13.1. The normalized spacial score (nSPS) is 11.7. The van der Waals surface area contributed by atoms with E-state index in [0.29, 0.717) is 27.8 Å². The number of hydrogen-bond acceptors (Lipinski definition) is 5. The number of benzene rings is 1. The van der Waals surface area contributed by atoms with Crippen LogP contribution >= 0.6 is 22.9 Å². The van der Waals surface area contributed by atoms with Gasteiger partial charge in [0.05, 0.1) is 16.3 Å². The summed E-state index contributed by atoms with van der Waals surface area (Å²) < 4.78 is 13.1. The van der Waals surface area contributed by atoms with Gasteiger partial charge >= 0.3 is 0 Å². The van der Waals surface area contributed by atoms with Crippen molar-refractivity contribution in [2.75, 3.05) is 5.32 Å². The highest BCUT2D eigenvalue weighted by Crippen LogP contribution is 2.27. The zero-order valence-corrected chi connectivity index (χ0v) is 12.0. The van der Waals surface area contributed by atoms with Crippen LogP contribution in [0.2, 0.25) is 5.02 Å². The summed E-state index contributed by atoms with van der Waals surface area (Å²) in [6.45, 7) is 1.64. The van der Waals surface area contributed by atoms with E-state index in [0.717, 1.165) is 0 Å². The van der Waals surface area contributed by atoms with E-state index in [1.807, 2.05) is 6.07 Å². The van der Waals surface area contributed by atoms with Crippen molar-refractivity contribution < 1.29 is 4.39 Å². The van der Waals surface area contributed by atoms with Crippen molar-refractivity contribution in [2.45, 2.75) is 6.92 Å². The molecule has 1 heterocycles. The van der Waals surface area contributed by atoms with Gasteiger partial charge in [0, 0.05) is 16.8 Å². The van der Waals surface area contributed by atoms with Gasteiger partial charge in [-0.05, 0) is 25.1 Å². The molecular formula is C13H10ClFN4S. The van der Waals surface area contributed by atoms with E-state index in [1.54, 1.807) is 18.4 Å². The largest absolute Gasteiger partial charge is 0.401 e. The number of hydrogen-bond donors (Lipinski definition) is 2. The topological polar surface area (TPSA) is 74.7 Å². The summed E-state index contributed by atoms with van der Waals surface area (Å²) >= 11 is 7.02. The van der Waals surface area contributed by atoms with Crippen LogP contribution in [0.4, 0.5) is 15.2 Å². The van der Waals surface area contributed by atoms with Crippen molar-refractivity contribution in [3.05, 3.63) is 45.8 Å². The van der Waals surface area contributed by atoms with Crippen molar-refractivity contribution in [1.29, 1.82) is 5.26 Å². The van der Waals surface area contributed by atoms with Crippen molar-refractivity contribution in [2.24, 2.45) is 5.73 Å². The van der Waals surface area contributed by atoms with Crippen LogP contribution < -0.4 is 11.1 Å². The van der Waals surface area contributed by atoms with E-state index in [1.165, 1.54) is 23.5 Å². The predicted molar refractivity (Wildman–Crippen MR) is 79.2 cm³/mol. The first-order valence-electron chi connectivity index (χ1n) is 5.55. The highest BCUT2D eigenvalue weighted by atomic mass is 35.5. The molecule has 0 unspecified atom stereocenters. The Morgan fingerprint density at radius 2 is 2.30 bits per heavy atom. The van der Waals surface area contributed by atoms with Crippen LogP contribution in [-0.2, 0) is 0 Å². The number of rotatable bonds is 3. The van der Waals surface area contributed by atoms with Gasteiger partial charge in [-0.25, -0.2) is 9.37 Å². The molecule has 3 N–H and O–H groups in total. The maximum Gasteiger partial charge on any atom is 0.187 e. The van der Waals surface area contributed by atoms with Crippen LogP contribution in [0, 0.1) is 17.1 Å². The van der Waals surface area contributed by atoms with E-state index in [9.17, 15) is 4.39 Å². The van der Waals surface area contributed by atoms with Crippen LogP contribution in [-0.4, -0.2) is 4.98 Å². The standard InChI is InChI=1S/C13H10ClFN4S/c1-7(17)9(5-16)12-6-20-13(19-12)18-8-2-3-11(15)10(14)4-8/h2-4,6H,17H2,1H3,(H,18,19)/b9-7-. The number of thiazole rings is 1. The van der Waals surface area contributed by atoms with Crippen molar-refractivity contribution in [1.82, 2.24) is 4.98 Å². The van der Waals surface area contributed by atoms with Crippen molar-refractivity contribution in [3.8, 4) is 6.07 Å². The lowest BCUT2D eigenvalue weighted by atomic mass is 10.2. The van der Waals surface area contributed by atoms with E-state index in [-0.39, 0.29) is 5.02 Å². The average Bonchev–Trinajstić information content (AvgIpc) is 2.82. The first-order valence-corrected chi connectivity index (χ1v) is 6.81. The minimum absolute atomic E-state index is 0.0298. The van der Waals surface area contributed by atoms with Crippen LogP contribution in [0.5, 0.6) is 0 Å². The van der Waals surface area contributed by atoms with Gasteiger partial charge in [-0.15, -0.1) is 11.3 Å². The molecule has 20 heavy (non-hydrogen) atoms. The minimum atomic E-state index is -0.481. The molecule has 0 saturated carbocycles. The molecule has 102 valence electrons. The summed E-state index contributed by atoms with van der Waals surface area (Å²) in [5, 5.41) is 14.3. The number of allylic oxidation sites excluding steroid dienone is 2. The first kappa shape index (κ1) is 14.3. The monoisotopic (exact) mass is 308 g/mol. The number of halogens is 2. The third kappa shape index (κ3) is 3.07. The summed E-state index contributed by atoms with van der Waals surface area (Å²) in [6.07, 6.45) is 0. The number of aromatic nitrogens is 1. The highest BCUT2D eigenvalue weighted by Gasteiger charge is 2.09. The number of nitrogens with one attached hydrogen (secondary N) is 1. The van der Waals surface area contributed by atoms with Gasteiger partial charge in [0.15, 0.2) is 5.13 Å². The van der Waals surface area contributed by atoms with Gasteiger partial charge in [-0.1, -0.05) is 11.6 Å². The molecule has 0 aliphatic carbocycles. The molecule has 0 bridgehead atoms. The molecule has 2 aromatic rings. The summed E-state index contributed by atoms with van der Waals surface area (Å²) in [6, 6.07) is 6.30. The summed E-state index contributed by atoms with van der Waals surface area (Å²) in [5.41, 5.74) is 7.49. The van der Waals surface area contributed by atoms with Gasteiger partial charge in [-0.2, -0.15) is 5.26 Å². The fourth-order valence-electron chi connectivity index (χ4n) is 1.49. The third-order valence-electron chi connectivity index (χ3n) is 2.44. The zero-order chi connectivity index (χ0) is 14.7. The van der Waals surface area contributed by atoms with E-state index in [2.05, 4.69) is 10.3 Å². The number of nitrogens with two attached hydrogens (primary N) is 1. The van der Waals surface area contributed by atoms with Crippen LogP contribution in [0.15, 0.2) is 29.3 Å². The average molecular weight is 309 g/mol. The number of nitriles is 1. The molecule has 0 spiro atoms. The number of anilines is 2. The van der Waals surface area contributed by atoms with Gasteiger partial charge < -0.3 is 11.1 Å². The Kier molecular flexibility index (Phi) is 4.23. The number of nitrogens with zero attached hydrogens (tertiary/aromatic N) is 2. The first-order chi connectivity index (χ1) is 9.51. The molecule has 4 nitrogen and oxygen atoms in total. The molecular weight excluding hydrogens is 299 g/mol. The lowest BCUT2D eigenvalue weighted by molar-refractivity contribution is 0.628. The minimum Gasteiger partial charge on any atom is -0.401 e. The van der Waals surface area contributed by atoms with Gasteiger partial charge in [0.1, 0.15) is 11.9 Å². The Morgan fingerprint density at radius 3 is 2.90 bits per heavy atom. The second kappa shape index (κ2) is 5.90. The van der Waals surface area contributed by atoms with E-state index in [4.69, 9.17) is 22.6 Å². The molecule has 0 fully saturated rings. The van der Waals surface area contributed by atoms with Gasteiger partial charge in [0.2, 0.25) is 0 Å². The fourth-order valence-corrected chi connectivity index (χ4v) is 2.39. The lowest BCUT2D eigenvalue weighted by Crippen LogP contribution is -1.97. The molecule has 0 atom stereocenters. The second-order valence-electron chi connectivity index (χ2n) is 3.96. The summed E-state index contributed by atoms with van der Waals surface area (Å²) in [7, 11) is 0. The zero-order valence-electron chi connectivity index (χ0n) is 10.4. The van der Waals surface area contributed by atoms with E-state index >= 15 is 0 Å². The lowest BCUT2D eigenvalue weighted by Gasteiger charge is -2.03. The molecule has 7 heteroatoms. The van der Waals surface area contributed by atoms with Crippen LogP contribution in [0.1, 0.15) is 12.6 Å². The van der Waals surface area contributed by atoms with Crippen LogP contribution in [0.25, 0.3) is 5.57 Å². The van der Waals surface area contributed by atoms with E-state index < -0.39 is 5.82 Å². The Bertz CT molecular complexity index is 713. The van der Waals surface area contributed by atoms with Crippen molar-refractivity contribution in [3.63, 3.8) is 0 Å². The molecule has 0 amide bonds. The Balaban J connectivity index is 2.24. The van der Waals surface area contributed by atoms with Crippen molar-refractivity contribution >= 4 is 39.3 Å². The maximum absolute atomic E-state index is 13.1. The summed E-state index contributed by atoms with van der Waals surface area (Å²) in [4.78, 5) is 4.26. The predicted octanol–water partition coefficient (Wildman–Crippen LogP) is 3.89. The van der Waals surface area contributed by atoms with Gasteiger partial charge in [0.25, 0.3) is 0 Å². The molecule has 1 aromatic carbocycles. The Labute approximate surface area is 124 Å². The molecule has 0 radical (unpaired) electrons. The smallest absolute Gasteiger partial charge is 0.187 e.